The van der Waals surface area contributed by atoms with Crippen LogP contribution in [0.25, 0.3) is 0 Å². The van der Waals surface area contributed by atoms with Crippen LogP contribution in [-0.4, -0.2) is 12.1 Å². The number of isocyanates is 1. The average Bonchev–Trinajstić information content (AvgIpc) is 2.97. The van der Waals surface area contributed by atoms with E-state index in [-0.39, 0.29) is 12.0 Å². The van der Waals surface area contributed by atoms with Gasteiger partial charge in [-0.15, -0.1) is 0 Å². The fourth-order valence-electron chi connectivity index (χ4n) is 1.67. The van der Waals surface area contributed by atoms with Gasteiger partial charge < -0.3 is 0 Å². The summed E-state index contributed by atoms with van der Waals surface area (Å²) in [5, 5.41) is 0. The number of nitrogens with zero attached hydrogens (tertiary/aromatic N) is 1. The van der Waals surface area contributed by atoms with E-state index in [1.54, 1.807) is 0 Å². The number of rotatable bonds is 2. The molecule has 84 valence electrons. The van der Waals surface area contributed by atoms with E-state index < -0.39 is 11.7 Å². The van der Waals surface area contributed by atoms with Crippen molar-refractivity contribution in [2.75, 3.05) is 0 Å². The molecule has 0 N–H and O–H groups in total. The summed E-state index contributed by atoms with van der Waals surface area (Å²) in [6.07, 6.45) is -2.13. The molecular formula is C11H8F3NO. The molecule has 16 heavy (non-hydrogen) atoms. The molecule has 0 radical (unpaired) electrons. The third-order valence-corrected chi connectivity index (χ3v) is 2.64. The molecule has 1 aliphatic carbocycles. The number of halogens is 3. The quantitative estimate of drug-likeness (QED) is 0.564. The Morgan fingerprint density at radius 3 is 2.38 bits per heavy atom. The van der Waals surface area contributed by atoms with E-state index in [1.807, 2.05) is 0 Å². The van der Waals surface area contributed by atoms with E-state index in [1.165, 1.54) is 18.2 Å². The molecule has 1 fully saturated rings. The minimum Gasteiger partial charge on any atom is -0.211 e. The summed E-state index contributed by atoms with van der Waals surface area (Å²) in [7, 11) is 0. The first kappa shape index (κ1) is 10.9. The van der Waals surface area contributed by atoms with Crippen LogP contribution in [0.4, 0.5) is 13.2 Å². The van der Waals surface area contributed by atoms with Crippen LogP contribution in [0.5, 0.6) is 0 Å². The van der Waals surface area contributed by atoms with Crippen LogP contribution in [0.15, 0.2) is 29.3 Å². The Hall–Kier alpha value is -1.61. The highest BCUT2D eigenvalue weighted by Gasteiger charge is 2.39. The molecule has 2 atom stereocenters. The Bertz CT molecular complexity index is 432. The second kappa shape index (κ2) is 3.76. The summed E-state index contributed by atoms with van der Waals surface area (Å²) in [5.74, 6) is 0.0729. The zero-order chi connectivity index (χ0) is 11.8. The molecule has 1 saturated carbocycles. The van der Waals surface area contributed by atoms with Crippen LogP contribution in [0.2, 0.25) is 0 Å². The fraction of sp³-hybridized carbons (Fsp3) is 0.364. The van der Waals surface area contributed by atoms with Crippen molar-refractivity contribution in [3.8, 4) is 0 Å². The maximum absolute atomic E-state index is 12.3. The Balaban J connectivity index is 2.13. The number of hydrogen-bond donors (Lipinski definition) is 0. The highest BCUT2D eigenvalue weighted by Crippen LogP contribution is 2.43. The molecule has 0 aliphatic heterocycles. The third kappa shape index (κ3) is 2.14. The monoisotopic (exact) mass is 227 g/mol. The molecule has 1 aliphatic rings. The molecule has 0 aromatic heterocycles. The SMILES string of the molecule is O=C=N[C@@H]1C[C@H]1c1ccc(C(F)(F)F)cc1. The van der Waals surface area contributed by atoms with Gasteiger partial charge in [-0.3, -0.25) is 0 Å². The van der Waals surface area contributed by atoms with E-state index in [2.05, 4.69) is 4.99 Å². The Labute approximate surface area is 89.8 Å². The van der Waals surface area contributed by atoms with E-state index in [0.717, 1.165) is 17.7 Å². The molecule has 0 bridgehead atoms. The van der Waals surface area contributed by atoms with Gasteiger partial charge in [-0.2, -0.15) is 13.2 Å². The van der Waals surface area contributed by atoms with Crippen LogP contribution >= 0.6 is 0 Å². The van der Waals surface area contributed by atoms with Crippen LogP contribution in [-0.2, 0) is 11.0 Å². The van der Waals surface area contributed by atoms with Crippen molar-refractivity contribution in [3.63, 3.8) is 0 Å². The second-order valence-corrected chi connectivity index (χ2v) is 3.75. The van der Waals surface area contributed by atoms with Gasteiger partial charge in [0, 0.05) is 5.92 Å². The van der Waals surface area contributed by atoms with Crippen molar-refractivity contribution in [1.82, 2.24) is 0 Å². The van der Waals surface area contributed by atoms with Gasteiger partial charge in [0.2, 0.25) is 6.08 Å². The molecule has 0 spiro atoms. The standard InChI is InChI=1S/C11H8F3NO/c12-11(13,14)8-3-1-7(2-4-8)9-5-10(9)15-6-16/h1-4,9-10H,5H2/t9-,10+/m0/s1. The topological polar surface area (TPSA) is 29.4 Å². The van der Waals surface area contributed by atoms with Gasteiger partial charge in [0.25, 0.3) is 0 Å². The van der Waals surface area contributed by atoms with E-state index in [9.17, 15) is 18.0 Å². The maximum Gasteiger partial charge on any atom is 0.416 e. The average molecular weight is 227 g/mol. The zero-order valence-corrected chi connectivity index (χ0v) is 8.16. The molecular weight excluding hydrogens is 219 g/mol. The first-order valence-corrected chi connectivity index (χ1v) is 4.76. The lowest BCUT2D eigenvalue weighted by Gasteiger charge is -2.06. The largest absolute Gasteiger partial charge is 0.416 e. The number of benzene rings is 1. The lowest BCUT2D eigenvalue weighted by atomic mass is 10.1. The van der Waals surface area contributed by atoms with Crippen molar-refractivity contribution >= 4 is 6.08 Å². The minimum atomic E-state index is -4.30. The number of hydrogen-bond acceptors (Lipinski definition) is 2. The Morgan fingerprint density at radius 1 is 1.25 bits per heavy atom. The lowest BCUT2D eigenvalue weighted by molar-refractivity contribution is -0.137. The van der Waals surface area contributed by atoms with E-state index >= 15 is 0 Å². The minimum absolute atomic E-state index is 0.0729. The predicted molar refractivity (Wildman–Crippen MR) is 50.7 cm³/mol. The summed E-state index contributed by atoms with van der Waals surface area (Å²) in [6.45, 7) is 0. The molecule has 0 heterocycles. The van der Waals surface area contributed by atoms with Crippen molar-refractivity contribution in [2.45, 2.75) is 24.6 Å². The molecule has 0 unspecified atom stereocenters. The van der Waals surface area contributed by atoms with Crippen LogP contribution in [0.3, 0.4) is 0 Å². The summed E-state index contributed by atoms with van der Waals surface area (Å²) in [5.41, 5.74) is 0.129. The normalized spacial score (nSPS) is 23.7. The van der Waals surface area contributed by atoms with Gasteiger partial charge in [0.05, 0.1) is 11.6 Å². The van der Waals surface area contributed by atoms with Crippen LogP contribution in [0, 0.1) is 0 Å². The Morgan fingerprint density at radius 2 is 1.88 bits per heavy atom. The summed E-state index contributed by atoms with van der Waals surface area (Å²) in [4.78, 5) is 13.5. The van der Waals surface area contributed by atoms with Gasteiger partial charge in [0.15, 0.2) is 0 Å². The zero-order valence-electron chi connectivity index (χ0n) is 8.16. The van der Waals surface area contributed by atoms with E-state index in [0.29, 0.717) is 6.42 Å². The van der Waals surface area contributed by atoms with Crippen LogP contribution < -0.4 is 0 Å². The van der Waals surface area contributed by atoms with Gasteiger partial charge in [-0.1, -0.05) is 12.1 Å². The van der Waals surface area contributed by atoms with Gasteiger partial charge in [0.1, 0.15) is 0 Å². The van der Waals surface area contributed by atoms with Gasteiger partial charge >= 0.3 is 6.18 Å². The summed E-state index contributed by atoms with van der Waals surface area (Å²) >= 11 is 0. The third-order valence-electron chi connectivity index (χ3n) is 2.64. The first-order valence-electron chi connectivity index (χ1n) is 4.76. The van der Waals surface area contributed by atoms with Crippen molar-refractivity contribution in [2.24, 2.45) is 4.99 Å². The Kier molecular flexibility index (Phi) is 2.56. The fourth-order valence-corrected chi connectivity index (χ4v) is 1.67. The summed E-state index contributed by atoms with van der Waals surface area (Å²) in [6, 6.07) is 4.88. The van der Waals surface area contributed by atoms with Crippen molar-refractivity contribution < 1.29 is 18.0 Å². The number of carbonyl (C=O) groups excluding carboxylic acids is 1. The first-order chi connectivity index (χ1) is 7.52. The highest BCUT2D eigenvalue weighted by molar-refractivity contribution is 5.38. The molecule has 1 aromatic carbocycles. The van der Waals surface area contributed by atoms with Gasteiger partial charge in [-0.25, -0.2) is 9.79 Å². The smallest absolute Gasteiger partial charge is 0.211 e. The predicted octanol–water partition coefficient (Wildman–Crippen LogP) is 2.90. The van der Waals surface area contributed by atoms with Crippen LogP contribution in [0.1, 0.15) is 23.5 Å². The van der Waals surface area contributed by atoms with E-state index in [4.69, 9.17) is 0 Å². The molecule has 0 amide bonds. The molecule has 2 nitrogen and oxygen atoms in total. The highest BCUT2D eigenvalue weighted by atomic mass is 19.4. The van der Waals surface area contributed by atoms with Gasteiger partial charge in [-0.05, 0) is 24.1 Å². The molecule has 2 rings (SSSR count). The number of aliphatic imine (C=N–C) groups is 1. The maximum atomic E-state index is 12.3. The molecule has 1 aromatic rings. The lowest BCUT2D eigenvalue weighted by Crippen LogP contribution is -2.04. The van der Waals surface area contributed by atoms with Crippen molar-refractivity contribution in [1.29, 1.82) is 0 Å². The van der Waals surface area contributed by atoms with Crippen molar-refractivity contribution in [3.05, 3.63) is 35.4 Å². The molecule has 0 saturated heterocycles. The molecule has 5 heteroatoms. The number of alkyl halides is 3. The summed E-state index contributed by atoms with van der Waals surface area (Å²) < 4.78 is 36.8. The second-order valence-electron chi connectivity index (χ2n) is 3.75.